The molecule has 4 atom stereocenters. The molecule has 0 saturated carbocycles. The molecule has 0 aromatic rings. The third-order valence-electron chi connectivity index (χ3n) is 6.06. The van der Waals surface area contributed by atoms with Gasteiger partial charge in [-0.3, -0.25) is 0 Å². The number of hydrogen-bond acceptors (Lipinski definition) is 12. The molecule has 2 aliphatic heterocycles. The van der Waals surface area contributed by atoms with Crippen LogP contribution in [0.4, 0.5) is 0 Å². The Morgan fingerprint density at radius 3 is 1.81 bits per heavy atom. The quantitative estimate of drug-likeness (QED) is 0.154. The molecule has 8 N–H and O–H groups in total. The predicted molar refractivity (Wildman–Crippen MR) is 102 cm³/mol. The third kappa shape index (κ3) is 4.68. The van der Waals surface area contributed by atoms with Crippen molar-refractivity contribution in [1.29, 1.82) is 0 Å². The summed E-state index contributed by atoms with van der Waals surface area (Å²) < 4.78 is 0. The van der Waals surface area contributed by atoms with Gasteiger partial charge in [0.15, 0.2) is 5.79 Å². The first-order chi connectivity index (χ1) is 13.7. The summed E-state index contributed by atoms with van der Waals surface area (Å²) >= 11 is 0. The summed E-state index contributed by atoms with van der Waals surface area (Å²) in [5, 5.41) is 47.4. The SMILES string of the molecule is CCCC[C@H]1NOC(=O)[C@](O)(C(C)(C)CO)N[C@]12NOC(=O)[C@@](O)(C(C)(C)CO)N2.[Pt]. The van der Waals surface area contributed by atoms with Crippen LogP contribution in [0.25, 0.3) is 0 Å². The van der Waals surface area contributed by atoms with Crippen molar-refractivity contribution in [3.05, 3.63) is 0 Å². The molecule has 0 amide bonds. The smallest absolute Gasteiger partial charge is 0.373 e. The van der Waals surface area contributed by atoms with E-state index in [9.17, 15) is 30.0 Å². The first-order valence-electron chi connectivity index (χ1n) is 9.95. The van der Waals surface area contributed by atoms with Gasteiger partial charge in [0.05, 0.1) is 19.3 Å². The first-order valence-corrected chi connectivity index (χ1v) is 9.95. The van der Waals surface area contributed by atoms with Crippen LogP contribution >= 0.6 is 0 Å². The molecule has 0 aromatic carbocycles. The van der Waals surface area contributed by atoms with Gasteiger partial charge in [-0.05, 0) is 6.42 Å². The van der Waals surface area contributed by atoms with Crippen LogP contribution in [0.1, 0.15) is 53.9 Å². The van der Waals surface area contributed by atoms with E-state index in [0.717, 1.165) is 6.42 Å². The number of hydrogen-bond donors (Lipinski definition) is 8. The van der Waals surface area contributed by atoms with Crippen LogP contribution in [-0.4, -0.2) is 68.9 Å². The summed E-state index contributed by atoms with van der Waals surface area (Å²) in [7, 11) is 0. The van der Waals surface area contributed by atoms with Gasteiger partial charge in [0.25, 0.3) is 0 Å². The molecule has 31 heavy (non-hydrogen) atoms. The van der Waals surface area contributed by atoms with Crippen molar-refractivity contribution in [1.82, 2.24) is 21.6 Å². The van der Waals surface area contributed by atoms with Crippen molar-refractivity contribution in [3.8, 4) is 0 Å². The minimum Gasteiger partial charge on any atom is -0.396 e. The maximum absolute atomic E-state index is 12.7. The second-order valence-electron chi connectivity index (χ2n) is 9.26. The molecular formula is C18H34N4O8Pt. The molecule has 1 spiro atoms. The maximum Gasteiger partial charge on any atom is 0.373 e. The van der Waals surface area contributed by atoms with Gasteiger partial charge < -0.3 is 30.1 Å². The first kappa shape index (κ1) is 28.3. The van der Waals surface area contributed by atoms with Gasteiger partial charge in [0, 0.05) is 31.9 Å². The molecule has 2 saturated heterocycles. The van der Waals surface area contributed by atoms with E-state index in [4.69, 9.17) is 9.68 Å². The zero-order valence-electron chi connectivity index (χ0n) is 18.4. The van der Waals surface area contributed by atoms with E-state index in [2.05, 4.69) is 21.6 Å². The van der Waals surface area contributed by atoms with Crippen LogP contribution in [0.3, 0.4) is 0 Å². The van der Waals surface area contributed by atoms with Crippen molar-refractivity contribution in [2.75, 3.05) is 13.2 Å². The van der Waals surface area contributed by atoms with E-state index in [-0.39, 0.29) is 21.1 Å². The number of nitrogens with one attached hydrogen (secondary N) is 4. The summed E-state index contributed by atoms with van der Waals surface area (Å²) in [6, 6.07) is -0.848. The average Bonchev–Trinajstić information content (AvgIpc) is 2.79. The molecule has 12 nitrogen and oxygen atoms in total. The Balaban J connectivity index is 0.00000480. The van der Waals surface area contributed by atoms with Crippen LogP contribution in [0.5, 0.6) is 0 Å². The van der Waals surface area contributed by atoms with Gasteiger partial charge in [-0.25, -0.2) is 20.2 Å². The Hall–Kier alpha value is -0.692. The van der Waals surface area contributed by atoms with Gasteiger partial charge in [0.1, 0.15) is 0 Å². The monoisotopic (exact) mass is 629 g/mol. The van der Waals surface area contributed by atoms with Crippen molar-refractivity contribution in [3.63, 3.8) is 0 Å². The van der Waals surface area contributed by atoms with E-state index >= 15 is 0 Å². The third-order valence-corrected chi connectivity index (χ3v) is 6.06. The zero-order valence-corrected chi connectivity index (χ0v) is 20.6. The van der Waals surface area contributed by atoms with Crippen LogP contribution in [0.15, 0.2) is 0 Å². The molecule has 2 heterocycles. The Bertz CT molecular complexity index is 681. The zero-order chi connectivity index (χ0) is 23.0. The van der Waals surface area contributed by atoms with Crippen molar-refractivity contribution < 1.29 is 60.8 Å². The van der Waals surface area contributed by atoms with Crippen molar-refractivity contribution >= 4 is 11.9 Å². The molecule has 2 fully saturated rings. The molecule has 184 valence electrons. The van der Waals surface area contributed by atoms with E-state index in [0.29, 0.717) is 12.8 Å². The maximum atomic E-state index is 12.7. The molecule has 13 heteroatoms. The van der Waals surface area contributed by atoms with Gasteiger partial charge >= 0.3 is 11.9 Å². The number of aliphatic hydroxyl groups excluding tert-OH is 2. The molecule has 0 bridgehead atoms. The van der Waals surface area contributed by atoms with E-state index in [1.165, 1.54) is 27.7 Å². The number of carbonyl (C=O) groups is 2. The number of aliphatic hydroxyl groups is 4. The van der Waals surface area contributed by atoms with Gasteiger partial charge in [-0.1, -0.05) is 47.5 Å². The van der Waals surface area contributed by atoms with Crippen LogP contribution < -0.4 is 21.6 Å². The standard InChI is InChI=1S/C18H34N4O8.Pt/c1-6-7-8-11-18(20-16(27,12(25)29-19-11)14(2,3)9-23)21-17(28,13(26)30-22-18)15(4,5)10-24;/h11,19-24,27-28H,6-10H2,1-5H3;/t11-,16+,17-,18-;/m1./s1. The molecule has 2 aliphatic rings. The summed E-state index contributed by atoms with van der Waals surface area (Å²) in [4.78, 5) is 35.3. The summed E-state index contributed by atoms with van der Waals surface area (Å²) in [6.45, 7) is 6.50. The Morgan fingerprint density at radius 2 is 1.39 bits per heavy atom. The molecule has 0 aliphatic carbocycles. The Labute approximate surface area is 195 Å². The summed E-state index contributed by atoms with van der Waals surface area (Å²) in [6.07, 6.45) is 1.79. The largest absolute Gasteiger partial charge is 0.396 e. The number of unbranched alkanes of at least 4 members (excludes halogenated alkanes) is 1. The summed E-state index contributed by atoms with van der Waals surface area (Å²) in [5.41, 5.74) is -2.74. The minimum atomic E-state index is -2.47. The minimum absolute atomic E-state index is 0. The van der Waals surface area contributed by atoms with Crippen LogP contribution in [0.2, 0.25) is 0 Å². The molecule has 2 rings (SSSR count). The van der Waals surface area contributed by atoms with Gasteiger partial charge in [0.2, 0.25) is 11.4 Å². The van der Waals surface area contributed by atoms with E-state index in [1.807, 2.05) is 6.92 Å². The van der Waals surface area contributed by atoms with Gasteiger partial charge in [-0.2, -0.15) is 0 Å². The van der Waals surface area contributed by atoms with Crippen molar-refractivity contribution in [2.24, 2.45) is 10.8 Å². The molecule has 0 radical (unpaired) electrons. The summed E-state index contributed by atoms with van der Waals surface area (Å²) in [5.74, 6) is -4.05. The predicted octanol–water partition coefficient (Wildman–Crippen LogP) is -2.09. The van der Waals surface area contributed by atoms with Crippen LogP contribution in [0, 0.1) is 10.8 Å². The number of carbonyl (C=O) groups excluding carboxylic acids is 2. The van der Waals surface area contributed by atoms with Crippen LogP contribution in [-0.2, 0) is 40.3 Å². The Kier molecular flexibility index (Phi) is 8.83. The normalized spacial score (nSPS) is 34.5. The fraction of sp³-hybridized carbons (Fsp3) is 0.889. The molecular weight excluding hydrogens is 595 g/mol. The van der Waals surface area contributed by atoms with E-state index in [1.54, 1.807) is 0 Å². The molecule has 0 unspecified atom stereocenters. The second kappa shape index (κ2) is 9.66. The Morgan fingerprint density at radius 1 is 0.935 bits per heavy atom. The van der Waals surface area contributed by atoms with Crippen molar-refractivity contribution in [2.45, 2.75) is 77.2 Å². The number of hydroxylamine groups is 2. The van der Waals surface area contributed by atoms with E-state index < -0.39 is 59.3 Å². The number of rotatable bonds is 7. The van der Waals surface area contributed by atoms with Gasteiger partial charge in [-0.15, -0.1) is 11.0 Å². The topological polar surface area (TPSA) is 182 Å². The average molecular weight is 630 g/mol. The fourth-order valence-corrected chi connectivity index (χ4v) is 3.29. The fourth-order valence-electron chi connectivity index (χ4n) is 3.29. The molecule has 0 aromatic heterocycles. The second-order valence-corrected chi connectivity index (χ2v) is 9.26.